The average Bonchev–Trinajstić information content (AvgIpc) is 3.70. The number of anilines is 3. The van der Waals surface area contributed by atoms with E-state index < -0.39 is 29.5 Å². The van der Waals surface area contributed by atoms with Crippen molar-refractivity contribution in [3.05, 3.63) is 88.7 Å². The lowest BCUT2D eigenvalue weighted by Gasteiger charge is -2.25. The van der Waals surface area contributed by atoms with Gasteiger partial charge in [0.2, 0.25) is 0 Å². The molecule has 0 aliphatic heterocycles. The van der Waals surface area contributed by atoms with Crippen LogP contribution in [-0.2, 0) is 12.7 Å². The van der Waals surface area contributed by atoms with E-state index in [0.29, 0.717) is 28.8 Å². The zero-order valence-corrected chi connectivity index (χ0v) is 24.4. The number of halogens is 4. The maximum Gasteiger partial charge on any atom is 0.416 e. The van der Waals surface area contributed by atoms with Crippen molar-refractivity contribution in [3.8, 4) is 0 Å². The Balaban J connectivity index is 1.25. The third kappa shape index (κ3) is 6.93. The number of benzene rings is 3. The predicted molar refractivity (Wildman–Crippen MR) is 161 cm³/mol. The maximum atomic E-state index is 14.5. The number of alkyl halides is 3. The normalized spacial score (nSPS) is 14.0. The number of nitrogens with one attached hydrogen (secondary N) is 3. The van der Waals surface area contributed by atoms with Crippen molar-refractivity contribution in [2.45, 2.75) is 50.7 Å². The first-order valence-corrected chi connectivity index (χ1v) is 15.0. The van der Waals surface area contributed by atoms with E-state index in [1.807, 2.05) is 24.3 Å². The topological polar surface area (TPSA) is 129 Å². The fourth-order valence-corrected chi connectivity index (χ4v) is 6.25. The lowest BCUT2D eigenvalue weighted by molar-refractivity contribution is -0.137. The molecule has 15 heteroatoms. The largest absolute Gasteiger partial charge is 0.416 e. The second-order valence-electron chi connectivity index (χ2n) is 10.7. The molecule has 2 aromatic heterocycles. The Labute approximate surface area is 257 Å². The zero-order chi connectivity index (χ0) is 31.6. The smallest absolute Gasteiger partial charge is 0.290 e. The Bertz CT molecular complexity index is 1800. The molecule has 3 aromatic carbocycles. The number of aromatic nitrogens is 5. The van der Waals surface area contributed by atoms with Gasteiger partial charge in [0.15, 0.2) is 10.9 Å². The molecule has 1 fully saturated rings. The SMILES string of the molecule is O=C(Nc1nn[nH]n1)c1ccc(CN(C(=O)Nc2nc3c(F)cc(C(F)(F)F)cc3s2)c2ccc(C3CCCCC3)cc2)cc1. The molecule has 3 N–H and O–H groups in total. The van der Waals surface area contributed by atoms with Crippen LogP contribution in [0.15, 0.2) is 60.7 Å². The molecule has 1 saturated carbocycles. The third-order valence-electron chi connectivity index (χ3n) is 7.64. The summed E-state index contributed by atoms with van der Waals surface area (Å²) in [5.41, 5.74) is 1.37. The summed E-state index contributed by atoms with van der Waals surface area (Å²) in [6, 6.07) is 14.8. The van der Waals surface area contributed by atoms with E-state index in [0.717, 1.165) is 30.2 Å². The van der Waals surface area contributed by atoms with Gasteiger partial charge in [0.05, 0.1) is 16.8 Å². The maximum absolute atomic E-state index is 14.5. The van der Waals surface area contributed by atoms with Crippen molar-refractivity contribution >= 4 is 50.3 Å². The van der Waals surface area contributed by atoms with E-state index in [2.05, 4.69) is 36.2 Å². The molecule has 10 nitrogen and oxygen atoms in total. The molecule has 6 rings (SSSR count). The number of hydrogen-bond acceptors (Lipinski definition) is 7. The Kier molecular flexibility index (Phi) is 8.43. The molecule has 0 atom stereocenters. The van der Waals surface area contributed by atoms with Gasteiger partial charge in [-0.3, -0.25) is 20.3 Å². The number of carbonyl (C=O) groups is 2. The van der Waals surface area contributed by atoms with Crippen molar-refractivity contribution < 1.29 is 27.2 Å². The molecule has 232 valence electrons. The van der Waals surface area contributed by atoms with Crippen LogP contribution in [0, 0.1) is 5.82 Å². The molecule has 0 saturated heterocycles. The predicted octanol–water partition coefficient (Wildman–Crippen LogP) is 7.51. The van der Waals surface area contributed by atoms with Gasteiger partial charge in [-0.05, 0) is 71.5 Å². The van der Waals surface area contributed by atoms with Crippen LogP contribution in [0.1, 0.15) is 65.1 Å². The number of urea groups is 1. The molecule has 1 aliphatic carbocycles. The first-order chi connectivity index (χ1) is 21.6. The summed E-state index contributed by atoms with van der Waals surface area (Å²) >= 11 is 0.746. The summed E-state index contributed by atoms with van der Waals surface area (Å²) in [6.45, 7) is 0.0822. The standard InChI is InChI=1S/C30H26F4N8O2S/c31-23-14-21(30(32,33)34)15-24-25(23)35-28(45-24)37-29(44)42(22-12-10-19(11-13-22)18-4-2-1-3-5-18)16-17-6-8-20(9-7-17)26(43)36-27-38-40-41-39-27/h6-15,18H,1-5,16H2,(H,35,37,44)(H2,36,38,39,40,41,43). The van der Waals surface area contributed by atoms with Crippen LogP contribution in [-0.4, -0.2) is 37.5 Å². The van der Waals surface area contributed by atoms with Gasteiger partial charge in [0, 0.05) is 11.3 Å². The highest BCUT2D eigenvalue weighted by Gasteiger charge is 2.32. The number of amides is 3. The van der Waals surface area contributed by atoms with Crippen LogP contribution >= 0.6 is 11.3 Å². The van der Waals surface area contributed by atoms with E-state index in [1.165, 1.54) is 29.7 Å². The van der Waals surface area contributed by atoms with Crippen LogP contribution in [0.25, 0.3) is 10.2 Å². The van der Waals surface area contributed by atoms with Crippen LogP contribution in [0.2, 0.25) is 0 Å². The molecular formula is C30H26F4N8O2S. The van der Waals surface area contributed by atoms with Gasteiger partial charge >= 0.3 is 12.2 Å². The summed E-state index contributed by atoms with van der Waals surface area (Å²) in [7, 11) is 0. The number of rotatable bonds is 7. The van der Waals surface area contributed by atoms with E-state index in [4.69, 9.17) is 0 Å². The minimum atomic E-state index is -4.73. The molecule has 5 aromatic rings. The summed E-state index contributed by atoms with van der Waals surface area (Å²) in [5, 5.41) is 18.1. The summed E-state index contributed by atoms with van der Waals surface area (Å²) < 4.78 is 54.1. The van der Waals surface area contributed by atoms with E-state index in [-0.39, 0.29) is 27.8 Å². The zero-order valence-electron chi connectivity index (χ0n) is 23.6. The molecular weight excluding hydrogens is 612 g/mol. The summed E-state index contributed by atoms with van der Waals surface area (Å²) in [6.07, 6.45) is 1.08. The number of fused-ring (bicyclic) bond motifs is 1. The highest BCUT2D eigenvalue weighted by Crippen LogP contribution is 2.37. The molecule has 0 radical (unpaired) electrons. The van der Waals surface area contributed by atoms with Gasteiger partial charge in [-0.1, -0.05) is 60.0 Å². The lowest BCUT2D eigenvalue weighted by atomic mass is 9.84. The Morgan fingerprint density at radius 3 is 2.38 bits per heavy atom. The van der Waals surface area contributed by atoms with Gasteiger partial charge < -0.3 is 0 Å². The minimum Gasteiger partial charge on any atom is -0.290 e. The second kappa shape index (κ2) is 12.6. The Hall–Kier alpha value is -4.92. The third-order valence-corrected chi connectivity index (χ3v) is 8.56. The van der Waals surface area contributed by atoms with E-state index in [9.17, 15) is 27.2 Å². The van der Waals surface area contributed by atoms with Crippen LogP contribution in [0.4, 0.5) is 39.1 Å². The fourth-order valence-electron chi connectivity index (χ4n) is 5.34. The average molecular weight is 639 g/mol. The van der Waals surface area contributed by atoms with E-state index >= 15 is 0 Å². The molecule has 0 spiro atoms. The minimum absolute atomic E-state index is 0.0213. The molecule has 3 amide bonds. The monoisotopic (exact) mass is 638 g/mol. The fraction of sp³-hybridized carbons (Fsp3) is 0.267. The number of aromatic amines is 1. The number of tetrazole rings is 1. The van der Waals surface area contributed by atoms with E-state index in [1.54, 1.807) is 24.3 Å². The molecule has 2 heterocycles. The first-order valence-electron chi connectivity index (χ1n) is 14.1. The second-order valence-corrected chi connectivity index (χ2v) is 11.7. The van der Waals surface area contributed by atoms with Crippen molar-refractivity contribution in [1.29, 1.82) is 0 Å². The number of hydrogen-bond donors (Lipinski definition) is 3. The number of thiazole rings is 1. The van der Waals surface area contributed by atoms with Crippen molar-refractivity contribution in [2.75, 3.05) is 15.5 Å². The molecule has 45 heavy (non-hydrogen) atoms. The number of nitrogens with zero attached hydrogens (tertiary/aromatic N) is 5. The number of H-pyrrole nitrogens is 1. The van der Waals surface area contributed by atoms with Crippen LogP contribution in [0.5, 0.6) is 0 Å². The molecule has 0 unspecified atom stereocenters. The highest BCUT2D eigenvalue weighted by atomic mass is 32.1. The first kappa shape index (κ1) is 30.1. The van der Waals surface area contributed by atoms with Gasteiger partial charge in [0.25, 0.3) is 11.9 Å². The number of carbonyl (C=O) groups excluding carboxylic acids is 2. The lowest BCUT2D eigenvalue weighted by Crippen LogP contribution is -2.34. The van der Waals surface area contributed by atoms with Crippen LogP contribution in [0.3, 0.4) is 0 Å². The van der Waals surface area contributed by atoms with Crippen molar-refractivity contribution in [1.82, 2.24) is 25.6 Å². The Morgan fingerprint density at radius 2 is 1.71 bits per heavy atom. The van der Waals surface area contributed by atoms with Crippen LogP contribution < -0.4 is 15.5 Å². The Morgan fingerprint density at radius 1 is 0.978 bits per heavy atom. The van der Waals surface area contributed by atoms with Gasteiger partial charge in [-0.15, -0.1) is 5.10 Å². The summed E-state index contributed by atoms with van der Waals surface area (Å²) in [5.74, 6) is -1.10. The molecule has 0 bridgehead atoms. The summed E-state index contributed by atoms with van der Waals surface area (Å²) in [4.78, 5) is 31.7. The van der Waals surface area contributed by atoms with Crippen molar-refractivity contribution in [2.24, 2.45) is 0 Å². The van der Waals surface area contributed by atoms with Gasteiger partial charge in [0.1, 0.15) is 5.52 Å². The highest BCUT2D eigenvalue weighted by molar-refractivity contribution is 7.22. The van der Waals surface area contributed by atoms with Gasteiger partial charge in [-0.2, -0.15) is 18.4 Å². The quantitative estimate of drug-likeness (QED) is 0.158. The van der Waals surface area contributed by atoms with Crippen molar-refractivity contribution in [3.63, 3.8) is 0 Å². The van der Waals surface area contributed by atoms with Gasteiger partial charge in [-0.25, -0.2) is 14.2 Å². The molecule has 1 aliphatic rings.